The van der Waals surface area contributed by atoms with Crippen LogP contribution >= 0.6 is 0 Å². The summed E-state index contributed by atoms with van der Waals surface area (Å²) in [5, 5.41) is 0. The molecule has 2 saturated heterocycles. The molecule has 0 saturated carbocycles. The fraction of sp³-hybridized carbons (Fsp3) is 1.00. The van der Waals surface area contributed by atoms with Crippen LogP contribution in [-0.4, -0.2) is 67.3 Å². The Kier molecular flexibility index (Phi) is 4.79. The minimum Gasteiger partial charge on any atom is -0.379 e. The van der Waals surface area contributed by atoms with Crippen molar-refractivity contribution in [3.63, 3.8) is 0 Å². The van der Waals surface area contributed by atoms with Gasteiger partial charge in [-0.15, -0.1) is 0 Å². The molecule has 0 aliphatic carbocycles. The van der Waals surface area contributed by atoms with Gasteiger partial charge in [0.05, 0.1) is 13.2 Å². The molecule has 100 valence electrons. The number of morpholine rings is 1. The maximum Gasteiger partial charge on any atom is 0.0594 e. The molecule has 2 aliphatic rings. The Labute approximate surface area is 105 Å². The lowest BCUT2D eigenvalue weighted by molar-refractivity contribution is 0.0175. The molecule has 0 aromatic carbocycles. The van der Waals surface area contributed by atoms with Crippen LogP contribution in [-0.2, 0) is 4.74 Å². The van der Waals surface area contributed by atoms with Gasteiger partial charge in [0.1, 0.15) is 0 Å². The summed E-state index contributed by atoms with van der Waals surface area (Å²) in [4.78, 5) is 5.15. The molecule has 4 nitrogen and oxygen atoms in total. The van der Waals surface area contributed by atoms with Crippen LogP contribution in [0.5, 0.6) is 0 Å². The third-order valence-electron chi connectivity index (χ3n) is 4.42. The van der Waals surface area contributed by atoms with E-state index in [2.05, 4.69) is 23.6 Å². The summed E-state index contributed by atoms with van der Waals surface area (Å²) in [6.07, 6.45) is 2.36. The molecule has 2 fully saturated rings. The molecule has 0 aromatic heterocycles. The zero-order valence-corrected chi connectivity index (χ0v) is 11.3. The van der Waals surface area contributed by atoms with Crippen molar-refractivity contribution in [2.75, 3.05) is 39.4 Å². The molecule has 3 unspecified atom stereocenters. The fourth-order valence-corrected chi connectivity index (χ4v) is 2.99. The maximum absolute atomic E-state index is 6.14. The second-order valence-electron chi connectivity index (χ2n) is 5.40. The second kappa shape index (κ2) is 6.14. The van der Waals surface area contributed by atoms with Gasteiger partial charge in [-0.05, 0) is 19.8 Å². The third-order valence-corrected chi connectivity index (χ3v) is 4.42. The third kappa shape index (κ3) is 3.19. The lowest BCUT2D eigenvalue weighted by atomic mass is 10.1. The summed E-state index contributed by atoms with van der Waals surface area (Å²) in [5.74, 6) is 0. The van der Waals surface area contributed by atoms with Crippen molar-refractivity contribution >= 4 is 0 Å². The number of ether oxygens (including phenoxy) is 1. The molecular weight excluding hydrogens is 214 g/mol. The number of rotatable bonds is 4. The predicted molar refractivity (Wildman–Crippen MR) is 70.1 cm³/mol. The molecule has 4 heteroatoms. The molecule has 0 aromatic rings. The van der Waals surface area contributed by atoms with Gasteiger partial charge in [0, 0.05) is 44.3 Å². The Hall–Kier alpha value is -0.160. The van der Waals surface area contributed by atoms with Crippen molar-refractivity contribution in [2.45, 2.75) is 44.8 Å². The maximum atomic E-state index is 6.14. The quantitative estimate of drug-likeness (QED) is 0.779. The minimum absolute atomic E-state index is 0.318. The summed E-state index contributed by atoms with van der Waals surface area (Å²) in [7, 11) is 0. The normalized spacial score (nSPS) is 31.6. The van der Waals surface area contributed by atoms with E-state index in [1.807, 2.05) is 0 Å². The smallest absolute Gasteiger partial charge is 0.0594 e. The number of likely N-dealkylation sites (tertiary alicyclic amines) is 1. The van der Waals surface area contributed by atoms with Gasteiger partial charge >= 0.3 is 0 Å². The van der Waals surface area contributed by atoms with E-state index in [0.717, 1.165) is 38.8 Å². The highest BCUT2D eigenvalue weighted by Crippen LogP contribution is 2.20. The molecule has 0 amide bonds. The average molecular weight is 241 g/mol. The van der Waals surface area contributed by atoms with Crippen LogP contribution in [0.2, 0.25) is 0 Å². The van der Waals surface area contributed by atoms with Crippen molar-refractivity contribution < 1.29 is 4.74 Å². The highest BCUT2D eigenvalue weighted by Gasteiger charge is 2.32. The van der Waals surface area contributed by atoms with Gasteiger partial charge in [0.15, 0.2) is 0 Å². The molecule has 0 radical (unpaired) electrons. The van der Waals surface area contributed by atoms with Crippen molar-refractivity contribution in [1.82, 2.24) is 9.80 Å². The first kappa shape index (κ1) is 13.3. The zero-order chi connectivity index (χ0) is 12.3. The SMILES string of the molecule is CCC(N)C(C)N1CCC(N2CCOCC2)C1. The molecule has 2 N–H and O–H groups in total. The van der Waals surface area contributed by atoms with Crippen LogP contribution in [0.15, 0.2) is 0 Å². The Balaban J connectivity index is 1.82. The Morgan fingerprint density at radius 3 is 2.65 bits per heavy atom. The van der Waals surface area contributed by atoms with Gasteiger partial charge in [0.2, 0.25) is 0 Å². The van der Waals surface area contributed by atoms with Crippen LogP contribution < -0.4 is 5.73 Å². The average Bonchev–Trinajstić information content (AvgIpc) is 2.87. The van der Waals surface area contributed by atoms with Gasteiger partial charge < -0.3 is 10.5 Å². The van der Waals surface area contributed by atoms with Crippen LogP contribution in [0, 0.1) is 0 Å². The number of hydrogen-bond donors (Lipinski definition) is 1. The van der Waals surface area contributed by atoms with Crippen molar-refractivity contribution in [1.29, 1.82) is 0 Å². The van der Waals surface area contributed by atoms with Crippen molar-refractivity contribution in [3.05, 3.63) is 0 Å². The van der Waals surface area contributed by atoms with E-state index < -0.39 is 0 Å². The standard InChI is InChI=1S/C13H27N3O/c1-3-13(14)11(2)16-5-4-12(10-16)15-6-8-17-9-7-15/h11-13H,3-10,14H2,1-2H3. The van der Waals surface area contributed by atoms with E-state index in [0.29, 0.717) is 12.1 Å². The summed E-state index contributed by atoms with van der Waals surface area (Å²) >= 11 is 0. The van der Waals surface area contributed by atoms with Gasteiger partial charge in [-0.1, -0.05) is 6.92 Å². The Morgan fingerprint density at radius 2 is 2.00 bits per heavy atom. The predicted octanol–water partition coefficient (Wildman–Crippen LogP) is 0.519. The van der Waals surface area contributed by atoms with Crippen LogP contribution in [0.4, 0.5) is 0 Å². The van der Waals surface area contributed by atoms with Crippen LogP contribution in [0.3, 0.4) is 0 Å². The van der Waals surface area contributed by atoms with Crippen molar-refractivity contribution in [2.24, 2.45) is 5.73 Å². The number of nitrogens with zero attached hydrogens (tertiary/aromatic N) is 2. The lowest BCUT2D eigenvalue weighted by Crippen LogP contribution is -2.48. The van der Waals surface area contributed by atoms with Gasteiger partial charge in [0.25, 0.3) is 0 Å². The highest BCUT2D eigenvalue weighted by atomic mass is 16.5. The first-order chi connectivity index (χ1) is 8.22. The zero-order valence-electron chi connectivity index (χ0n) is 11.3. The fourth-order valence-electron chi connectivity index (χ4n) is 2.99. The monoisotopic (exact) mass is 241 g/mol. The minimum atomic E-state index is 0.318. The number of hydrogen-bond acceptors (Lipinski definition) is 4. The van der Waals surface area contributed by atoms with E-state index in [1.165, 1.54) is 19.5 Å². The molecule has 17 heavy (non-hydrogen) atoms. The first-order valence-corrected chi connectivity index (χ1v) is 7.03. The molecule has 0 bridgehead atoms. The van der Waals surface area contributed by atoms with Gasteiger partial charge in [-0.25, -0.2) is 0 Å². The van der Waals surface area contributed by atoms with E-state index >= 15 is 0 Å². The molecule has 3 atom stereocenters. The molecule has 0 spiro atoms. The summed E-state index contributed by atoms with van der Waals surface area (Å²) < 4.78 is 5.41. The molecular formula is C13H27N3O. The Morgan fingerprint density at radius 1 is 1.29 bits per heavy atom. The van der Waals surface area contributed by atoms with Crippen LogP contribution in [0.25, 0.3) is 0 Å². The van der Waals surface area contributed by atoms with E-state index in [-0.39, 0.29) is 0 Å². The largest absolute Gasteiger partial charge is 0.379 e. The number of nitrogens with two attached hydrogens (primary N) is 1. The van der Waals surface area contributed by atoms with Crippen molar-refractivity contribution in [3.8, 4) is 0 Å². The molecule has 2 heterocycles. The summed E-state index contributed by atoms with van der Waals surface area (Å²) in [5.41, 5.74) is 6.14. The highest BCUT2D eigenvalue weighted by molar-refractivity contribution is 4.89. The first-order valence-electron chi connectivity index (χ1n) is 7.03. The van der Waals surface area contributed by atoms with E-state index in [4.69, 9.17) is 10.5 Å². The molecule has 2 rings (SSSR count). The second-order valence-corrected chi connectivity index (χ2v) is 5.40. The van der Waals surface area contributed by atoms with Gasteiger partial charge in [-0.3, -0.25) is 9.80 Å². The lowest BCUT2D eigenvalue weighted by Gasteiger charge is -2.33. The summed E-state index contributed by atoms with van der Waals surface area (Å²) in [6.45, 7) is 10.9. The Bertz CT molecular complexity index is 223. The van der Waals surface area contributed by atoms with Crippen LogP contribution in [0.1, 0.15) is 26.7 Å². The topological polar surface area (TPSA) is 41.7 Å². The van der Waals surface area contributed by atoms with E-state index in [1.54, 1.807) is 0 Å². The van der Waals surface area contributed by atoms with E-state index in [9.17, 15) is 0 Å². The summed E-state index contributed by atoms with van der Waals surface area (Å²) in [6, 6.07) is 1.56. The van der Waals surface area contributed by atoms with Gasteiger partial charge in [-0.2, -0.15) is 0 Å². The molecule has 2 aliphatic heterocycles.